The minimum atomic E-state index is -0.00309. The molecule has 3 heteroatoms. The van der Waals surface area contributed by atoms with Gasteiger partial charge in [0.25, 0.3) is 0 Å². The standard InChI is InChI=1S/C49H35BN2/c1-49(2)40-21-11-10-19-37(40)48-45(49)38-20-12-22-41-47(38)51(48)43-29-34-17-8-9-18-36(34)44-39-27-32-15-6-7-16-33(32)28-42(39)52(50(41)46(43)44)35-25-23-31(24-26-35)30-13-4-3-5-14-30/h3-29,45,48H,1-2H3. The Kier molecular flexibility index (Phi) is 5.53. The first-order valence-corrected chi connectivity index (χ1v) is 18.6. The Morgan fingerprint density at radius 3 is 2.04 bits per heavy atom. The van der Waals surface area contributed by atoms with Crippen molar-refractivity contribution in [2.45, 2.75) is 31.2 Å². The number of nitrogens with zero attached hydrogens (tertiary/aromatic N) is 2. The molecular weight excluding hydrogens is 627 g/mol. The van der Waals surface area contributed by atoms with E-state index in [4.69, 9.17) is 0 Å². The first kappa shape index (κ1) is 28.6. The molecule has 12 rings (SSSR count). The molecule has 8 aromatic carbocycles. The van der Waals surface area contributed by atoms with E-state index in [9.17, 15) is 0 Å². The van der Waals surface area contributed by atoms with Crippen molar-refractivity contribution in [3.8, 4) is 22.3 Å². The fourth-order valence-electron chi connectivity index (χ4n) is 10.7. The average Bonchev–Trinajstić information content (AvgIpc) is 3.67. The summed E-state index contributed by atoms with van der Waals surface area (Å²) in [4.78, 5) is 5.44. The molecule has 0 aromatic heterocycles. The van der Waals surface area contributed by atoms with Crippen LogP contribution in [0.3, 0.4) is 0 Å². The highest BCUT2D eigenvalue weighted by atomic mass is 15.2. The van der Waals surface area contributed by atoms with Crippen LogP contribution in [0.2, 0.25) is 0 Å². The van der Waals surface area contributed by atoms with Gasteiger partial charge in [-0.15, -0.1) is 0 Å². The number of para-hydroxylation sites is 1. The molecule has 0 bridgehead atoms. The van der Waals surface area contributed by atoms with Gasteiger partial charge in [0.2, 0.25) is 0 Å². The van der Waals surface area contributed by atoms with E-state index in [1.165, 1.54) is 94.2 Å². The van der Waals surface area contributed by atoms with E-state index >= 15 is 0 Å². The Balaban J connectivity index is 1.20. The average molecular weight is 663 g/mol. The zero-order chi connectivity index (χ0) is 34.3. The lowest BCUT2D eigenvalue weighted by molar-refractivity contribution is 0.421. The van der Waals surface area contributed by atoms with Crippen LogP contribution in [0.25, 0.3) is 43.8 Å². The van der Waals surface area contributed by atoms with E-state index < -0.39 is 0 Å². The van der Waals surface area contributed by atoms with Crippen molar-refractivity contribution in [3.05, 3.63) is 180 Å². The quantitative estimate of drug-likeness (QED) is 0.170. The van der Waals surface area contributed by atoms with Gasteiger partial charge in [-0.1, -0.05) is 147 Å². The van der Waals surface area contributed by atoms with Gasteiger partial charge in [-0.05, 0) is 102 Å². The number of benzene rings is 8. The van der Waals surface area contributed by atoms with Gasteiger partial charge in [0.15, 0.2) is 0 Å². The lowest BCUT2D eigenvalue weighted by atomic mass is 9.43. The molecule has 3 heterocycles. The van der Waals surface area contributed by atoms with Crippen LogP contribution in [0.5, 0.6) is 0 Å². The summed E-state index contributed by atoms with van der Waals surface area (Å²) < 4.78 is 0. The van der Waals surface area contributed by atoms with Crippen LogP contribution in [-0.2, 0) is 5.41 Å². The maximum atomic E-state index is 2.77. The molecule has 1 aliphatic carbocycles. The molecule has 52 heavy (non-hydrogen) atoms. The summed E-state index contributed by atoms with van der Waals surface area (Å²) >= 11 is 0. The molecule has 0 N–H and O–H groups in total. The third-order valence-electron chi connectivity index (χ3n) is 12.8. The van der Waals surface area contributed by atoms with Gasteiger partial charge < -0.3 is 9.71 Å². The summed E-state index contributed by atoms with van der Waals surface area (Å²) in [5.74, 6) is 0.352. The first-order chi connectivity index (χ1) is 25.6. The lowest BCUT2D eigenvalue weighted by Gasteiger charge is -2.46. The fourth-order valence-corrected chi connectivity index (χ4v) is 10.7. The topological polar surface area (TPSA) is 6.48 Å². The monoisotopic (exact) mass is 662 g/mol. The largest absolute Gasteiger partial charge is 0.376 e. The van der Waals surface area contributed by atoms with Gasteiger partial charge in [-0.3, -0.25) is 0 Å². The number of rotatable bonds is 2. The summed E-state index contributed by atoms with van der Waals surface area (Å²) in [7, 11) is 0. The Morgan fingerprint density at radius 1 is 0.558 bits per heavy atom. The summed E-state index contributed by atoms with van der Waals surface area (Å²) in [5.41, 5.74) is 17.6. The molecule has 3 aliphatic heterocycles. The summed E-state index contributed by atoms with van der Waals surface area (Å²) in [6.45, 7) is 4.95. The van der Waals surface area contributed by atoms with Gasteiger partial charge >= 0.3 is 6.85 Å². The van der Waals surface area contributed by atoms with Crippen LogP contribution >= 0.6 is 0 Å². The highest BCUT2D eigenvalue weighted by Gasteiger charge is 2.58. The summed E-state index contributed by atoms with van der Waals surface area (Å²) in [6.07, 6.45) is 0. The van der Waals surface area contributed by atoms with Crippen LogP contribution in [0, 0.1) is 0 Å². The molecule has 2 nitrogen and oxygen atoms in total. The van der Waals surface area contributed by atoms with E-state index in [-0.39, 0.29) is 18.3 Å². The molecule has 4 aliphatic rings. The molecular formula is C49H35BN2. The number of fused-ring (bicyclic) bond motifs is 12. The maximum absolute atomic E-state index is 2.77. The number of hydrogen-bond acceptors (Lipinski definition) is 2. The zero-order valence-electron chi connectivity index (χ0n) is 29.2. The lowest BCUT2D eigenvalue weighted by Crippen LogP contribution is -2.61. The van der Waals surface area contributed by atoms with Gasteiger partial charge in [0.05, 0.1) is 6.04 Å². The summed E-state index contributed by atoms with van der Waals surface area (Å²) in [5, 5.41) is 5.15. The zero-order valence-corrected chi connectivity index (χ0v) is 29.2. The second kappa shape index (κ2) is 10.0. The van der Waals surface area contributed by atoms with Crippen molar-refractivity contribution < 1.29 is 0 Å². The van der Waals surface area contributed by atoms with Gasteiger partial charge in [0, 0.05) is 34.2 Å². The molecule has 8 aromatic rings. The van der Waals surface area contributed by atoms with Crippen molar-refractivity contribution in [2.75, 3.05) is 9.71 Å². The number of anilines is 4. The normalized spacial score (nSPS) is 18.2. The predicted octanol–water partition coefficient (Wildman–Crippen LogP) is 11.2. The molecule has 244 valence electrons. The predicted molar refractivity (Wildman–Crippen MR) is 219 cm³/mol. The van der Waals surface area contributed by atoms with E-state index in [0.29, 0.717) is 5.92 Å². The second-order valence-corrected chi connectivity index (χ2v) is 15.7. The van der Waals surface area contributed by atoms with E-state index in [1.54, 1.807) is 0 Å². The van der Waals surface area contributed by atoms with Gasteiger partial charge in [-0.25, -0.2) is 0 Å². The maximum Gasteiger partial charge on any atom is 0.333 e. The van der Waals surface area contributed by atoms with Crippen molar-refractivity contribution in [1.82, 2.24) is 0 Å². The van der Waals surface area contributed by atoms with Crippen LogP contribution in [0.4, 0.5) is 22.7 Å². The second-order valence-electron chi connectivity index (χ2n) is 15.7. The molecule has 0 saturated carbocycles. The molecule has 0 saturated heterocycles. The fraction of sp³-hybridized carbons (Fsp3) is 0.102. The van der Waals surface area contributed by atoms with Gasteiger partial charge in [-0.2, -0.15) is 0 Å². The van der Waals surface area contributed by atoms with E-state index in [1.807, 2.05) is 0 Å². The SMILES string of the molecule is CC1(C)c2ccccc2C2C1c1cccc3c1N2c1cc2ccccc2c2c1B3N(c1ccc(-c3ccccc3)cc1)c1cc3ccccc3cc1-2. The Hall–Kier alpha value is -6.06. The van der Waals surface area contributed by atoms with Crippen molar-refractivity contribution in [3.63, 3.8) is 0 Å². The number of hydrogen-bond donors (Lipinski definition) is 0. The molecule has 0 spiro atoms. The third kappa shape index (κ3) is 3.56. The smallest absolute Gasteiger partial charge is 0.333 e. The van der Waals surface area contributed by atoms with Gasteiger partial charge in [0.1, 0.15) is 0 Å². The van der Waals surface area contributed by atoms with E-state index in [0.717, 1.165) is 0 Å². The Bertz CT molecular complexity index is 2800. The molecule has 0 radical (unpaired) electrons. The highest BCUT2D eigenvalue weighted by molar-refractivity contribution is 6.94. The van der Waals surface area contributed by atoms with E-state index in [2.05, 4.69) is 187 Å². The van der Waals surface area contributed by atoms with Crippen molar-refractivity contribution >= 4 is 62.1 Å². The Morgan fingerprint density at radius 2 is 1.21 bits per heavy atom. The molecule has 0 amide bonds. The molecule has 2 unspecified atom stereocenters. The molecule has 0 fully saturated rings. The first-order valence-electron chi connectivity index (χ1n) is 18.6. The minimum Gasteiger partial charge on any atom is -0.376 e. The van der Waals surface area contributed by atoms with Crippen LogP contribution in [0.1, 0.15) is 42.5 Å². The summed E-state index contributed by atoms with van der Waals surface area (Å²) in [6, 6.07) is 62.1. The Labute approximate surface area is 304 Å². The van der Waals surface area contributed by atoms with Crippen LogP contribution < -0.4 is 20.6 Å². The minimum absolute atomic E-state index is 0.00309. The van der Waals surface area contributed by atoms with Crippen molar-refractivity contribution in [2.24, 2.45) is 0 Å². The van der Waals surface area contributed by atoms with Crippen molar-refractivity contribution in [1.29, 1.82) is 0 Å². The third-order valence-corrected chi connectivity index (χ3v) is 12.8. The highest BCUT2D eigenvalue weighted by Crippen LogP contribution is 2.65. The van der Waals surface area contributed by atoms with Crippen LogP contribution in [-0.4, -0.2) is 6.85 Å². The van der Waals surface area contributed by atoms with Crippen LogP contribution in [0.15, 0.2) is 164 Å². The molecule has 2 atom stereocenters.